The van der Waals surface area contributed by atoms with Crippen LogP contribution in [0.5, 0.6) is 5.75 Å². The van der Waals surface area contributed by atoms with Gasteiger partial charge in [0, 0.05) is 27.7 Å². The monoisotopic (exact) mass is 680 g/mol. The van der Waals surface area contributed by atoms with Gasteiger partial charge in [-0.2, -0.15) is 0 Å². The van der Waals surface area contributed by atoms with Crippen molar-refractivity contribution in [3.8, 4) is 5.75 Å². The molecule has 0 aliphatic heterocycles. The number of pyridine rings is 2. The number of unbranched alkanes of at least 4 members (excludes halogenated alkanes) is 10. The highest BCUT2D eigenvalue weighted by Crippen LogP contribution is 2.27. The highest BCUT2D eigenvalue weighted by Gasteiger charge is 2.18. The third kappa shape index (κ3) is 11.7. The number of fused-ring (bicyclic) bond motifs is 2. The summed E-state index contributed by atoms with van der Waals surface area (Å²) in [5.74, 6) is -1.65. The third-order valence-corrected chi connectivity index (χ3v) is 8.93. The molecule has 0 atom stereocenters. The molecule has 5 rings (SSSR count). The van der Waals surface area contributed by atoms with Crippen LogP contribution in [-0.4, -0.2) is 27.0 Å². The third-order valence-electron chi connectivity index (χ3n) is 8.69. The molecule has 0 radical (unpaired) electrons. The average molecular weight is 681 g/mol. The van der Waals surface area contributed by atoms with Gasteiger partial charge in [-0.05, 0) is 73.7 Å². The zero-order valence-electron chi connectivity index (χ0n) is 28.9. The van der Waals surface area contributed by atoms with Gasteiger partial charge in [-0.25, -0.2) is 9.59 Å². The van der Waals surface area contributed by atoms with E-state index in [1.165, 1.54) is 130 Å². The van der Waals surface area contributed by atoms with Gasteiger partial charge in [-0.15, -0.1) is 0 Å². The molecule has 0 spiro atoms. The van der Waals surface area contributed by atoms with Crippen LogP contribution in [0.25, 0.3) is 21.8 Å². The second-order valence-electron chi connectivity index (χ2n) is 12.5. The molecule has 3 aromatic carbocycles. The average Bonchev–Trinajstić information content (AvgIpc) is 3.11. The number of nitrogens with zero attached hydrogens (tertiary/aromatic N) is 2. The van der Waals surface area contributed by atoms with Gasteiger partial charge in [0.15, 0.2) is 0 Å². The summed E-state index contributed by atoms with van der Waals surface area (Å²) < 4.78 is 5.36. The molecule has 0 fully saturated rings. The van der Waals surface area contributed by atoms with Crippen molar-refractivity contribution >= 4 is 45.3 Å². The fourth-order valence-corrected chi connectivity index (χ4v) is 6.12. The fourth-order valence-electron chi connectivity index (χ4n) is 5.96. The summed E-state index contributed by atoms with van der Waals surface area (Å²) in [6.07, 6.45) is 20.1. The molecular formula is C42H49ClN2O4. The van der Waals surface area contributed by atoms with E-state index in [1.807, 2.05) is 0 Å². The van der Waals surface area contributed by atoms with Crippen molar-refractivity contribution in [3.05, 3.63) is 112 Å². The lowest BCUT2D eigenvalue weighted by atomic mass is 10.0. The second kappa shape index (κ2) is 20.3. The molecule has 258 valence electrons. The number of aromatic carboxylic acids is 1. The van der Waals surface area contributed by atoms with Crippen LogP contribution in [0.4, 0.5) is 0 Å². The van der Waals surface area contributed by atoms with E-state index >= 15 is 0 Å². The molecule has 7 heteroatoms. The van der Waals surface area contributed by atoms with Crippen LogP contribution in [0.2, 0.25) is 5.02 Å². The summed E-state index contributed by atoms with van der Waals surface area (Å²) >= 11 is 5.92. The number of esters is 1. The molecule has 6 nitrogen and oxygen atoms in total. The number of hydrogen-bond donors (Lipinski definition) is 1. The Morgan fingerprint density at radius 1 is 0.714 bits per heavy atom. The number of carboxylic acid groups (broad SMARTS) is 1. The molecule has 0 aliphatic carbocycles. The first-order valence-electron chi connectivity index (χ1n) is 17.9. The Hall–Kier alpha value is -4.29. The van der Waals surface area contributed by atoms with E-state index in [9.17, 15) is 9.59 Å². The molecule has 5 aromatic rings. The van der Waals surface area contributed by atoms with Crippen LogP contribution in [0.15, 0.2) is 85.1 Å². The molecule has 2 heterocycles. The number of carbonyl (C=O) groups excluding carboxylic acids is 1. The fraction of sp³-hybridized carbons (Fsp3) is 0.381. The molecular weight excluding hydrogens is 632 g/mol. The van der Waals surface area contributed by atoms with Crippen LogP contribution in [0.3, 0.4) is 0 Å². The minimum atomic E-state index is -1.19. The standard InChI is InChI=1S/C25H39N.C17H10ClNO4/c1-3-5-7-9-11-13-16-22-17-15-18-23-20-21-24(26-25(22)23)19-14-12-10-8-6-4-2;18-10-5-6-13-14(9-10)19-8-7-15(13)23-17(22)12-4-2-1-3-11(12)16(20)21/h15,17-18,20-21H,3-14,16,19H2,1-2H3;1-9H,(H,20,21). The predicted molar refractivity (Wildman–Crippen MR) is 201 cm³/mol. The Bertz CT molecular complexity index is 1810. The first-order chi connectivity index (χ1) is 23.9. The number of benzene rings is 3. The molecule has 0 unspecified atom stereocenters. The number of hydrogen-bond acceptors (Lipinski definition) is 5. The van der Waals surface area contributed by atoms with Gasteiger partial charge >= 0.3 is 11.9 Å². The van der Waals surface area contributed by atoms with Gasteiger partial charge in [0.2, 0.25) is 0 Å². The quantitative estimate of drug-likeness (QED) is 0.0776. The number of carbonyl (C=O) groups is 2. The zero-order valence-corrected chi connectivity index (χ0v) is 29.7. The predicted octanol–water partition coefficient (Wildman–Crippen LogP) is 11.8. The largest absolute Gasteiger partial charge is 0.478 e. The number of carboxylic acids is 1. The van der Waals surface area contributed by atoms with Crippen LogP contribution >= 0.6 is 11.6 Å². The van der Waals surface area contributed by atoms with Crippen LogP contribution in [0.1, 0.15) is 123 Å². The van der Waals surface area contributed by atoms with Crippen LogP contribution in [-0.2, 0) is 12.8 Å². The summed E-state index contributed by atoms with van der Waals surface area (Å²) in [7, 11) is 0. The van der Waals surface area contributed by atoms with Crippen molar-refractivity contribution in [2.24, 2.45) is 0 Å². The molecule has 2 aromatic heterocycles. The molecule has 1 N–H and O–H groups in total. The lowest BCUT2D eigenvalue weighted by Crippen LogP contribution is -2.14. The summed E-state index contributed by atoms with van der Waals surface area (Å²) in [5, 5.41) is 11.6. The van der Waals surface area contributed by atoms with Gasteiger partial charge in [0.1, 0.15) is 5.75 Å². The lowest BCUT2D eigenvalue weighted by Gasteiger charge is -2.09. The molecule has 0 saturated carbocycles. The van der Waals surface area contributed by atoms with E-state index in [2.05, 4.69) is 49.2 Å². The Morgan fingerprint density at radius 2 is 1.39 bits per heavy atom. The molecule has 0 amide bonds. The van der Waals surface area contributed by atoms with E-state index in [0.717, 1.165) is 6.42 Å². The Morgan fingerprint density at radius 3 is 2.10 bits per heavy atom. The van der Waals surface area contributed by atoms with Crippen LogP contribution in [0, 0.1) is 0 Å². The number of rotatable bonds is 17. The Kier molecular flexibility index (Phi) is 15.5. The number of ether oxygens (including phenoxy) is 1. The Balaban J connectivity index is 0.000000222. The van der Waals surface area contributed by atoms with Crippen molar-refractivity contribution in [1.82, 2.24) is 9.97 Å². The maximum Gasteiger partial charge on any atom is 0.344 e. The first-order valence-corrected chi connectivity index (χ1v) is 18.2. The van der Waals surface area contributed by atoms with E-state index in [-0.39, 0.29) is 16.9 Å². The van der Waals surface area contributed by atoms with Crippen molar-refractivity contribution in [2.45, 2.75) is 104 Å². The summed E-state index contributed by atoms with van der Waals surface area (Å²) in [6.45, 7) is 4.56. The highest BCUT2D eigenvalue weighted by molar-refractivity contribution is 6.31. The number of para-hydroxylation sites is 1. The topological polar surface area (TPSA) is 89.4 Å². The summed E-state index contributed by atoms with van der Waals surface area (Å²) in [5.41, 5.74) is 4.43. The SMILES string of the molecule is CCCCCCCCc1ccc2cccc(CCCCCCCC)c2n1.O=C(O)c1ccccc1C(=O)Oc1ccnc2cc(Cl)ccc12. The maximum atomic E-state index is 12.3. The minimum absolute atomic E-state index is 0.0149. The smallest absolute Gasteiger partial charge is 0.344 e. The van der Waals surface area contributed by atoms with E-state index in [4.69, 9.17) is 26.4 Å². The van der Waals surface area contributed by atoms with Crippen molar-refractivity contribution in [3.63, 3.8) is 0 Å². The van der Waals surface area contributed by atoms with Crippen molar-refractivity contribution in [1.29, 1.82) is 0 Å². The normalized spacial score (nSPS) is 10.9. The van der Waals surface area contributed by atoms with Gasteiger partial charge in [0.25, 0.3) is 0 Å². The second-order valence-corrected chi connectivity index (χ2v) is 13.0. The number of aryl methyl sites for hydroxylation is 2. The van der Waals surface area contributed by atoms with Gasteiger partial charge in [-0.3, -0.25) is 9.97 Å². The zero-order chi connectivity index (χ0) is 34.8. The summed E-state index contributed by atoms with van der Waals surface area (Å²) in [4.78, 5) is 32.7. The Labute approximate surface area is 295 Å². The van der Waals surface area contributed by atoms with Gasteiger partial charge in [-0.1, -0.05) is 126 Å². The van der Waals surface area contributed by atoms with E-state index in [1.54, 1.807) is 30.3 Å². The number of aromatic nitrogens is 2. The first kappa shape index (κ1) is 37.5. The molecule has 49 heavy (non-hydrogen) atoms. The van der Waals surface area contributed by atoms with Crippen molar-refractivity contribution < 1.29 is 19.4 Å². The van der Waals surface area contributed by atoms with Crippen molar-refractivity contribution in [2.75, 3.05) is 0 Å². The molecule has 0 saturated heterocycles. The molecule has 0 bridgehead atoms. The van der Waals surface area contributed by atoms with Crippen LogP contribution < -0.4 is 4.74 Å². The number of halogens is 1. The van der Waals surface area contributed by atoms with Gasteiger partial charge in [0.05, 0.1) is 22.2 Å². The van der Waals surface area contributed by atoms with Gasteiger partial charge < -0.3 is 9.84 Å². The lowest BCUT2D eigenvalue weighted by molar-refractivity contribution is 0.0668. The molecule has 0 aliphatic rings. The minimum Gasteiger partial charge on any atom is -0.478 e. The van der Waals surface area contributed by atoms with E-state index in [0.29, 0.717) is 15.9 Å². The highest BCUT2D eigenvalue weighted by atomic mass is 35.5. The summed E-state index contributed by atoms with van der Waals surface area (Å²) in [6, 6.07) is 23.6. The maximum absolute atomic E-state index is 12.3. The van der Waals surface area contributed by atoms with E-state index < -0.39 is 11.9 Å².